The fraction of sp³-hybridized carbons (Fsp3) is 0.647. The third kappa shape index (κ3) is 3.18. The summed E-state index contributed by atoms with van der Waals surface area (Å²) in [5.74, 6) is 0. The zero-order chi connectivity index (χ0) is 13.7. The summed E-state index contributed by atoms with van der Waals surface area (Å²) in [6.07, 6.45) is 5.74. The zero-order valence-corrected chi connectivity index (χ0v) is 12.3. The van der Waals surface area contributed by atoms with Gasteiger partial charge < -0.3 is 10.4 Å². The molecule has 106 valence electrons. The van der Waals surface area contributed by atoms with Gasteiger partial charge in [0, 0.05) is 24.6 Å². The van der Waals surface area contributed by atoms with E-state index in [0.717, 1.165) is 19.4 Å². The quantitative estimate of drug-likeness (QED) is 0.822. The van der Waals surface area contributed by atoms with E-state index in [1.807, 2.05) is 0 Å². The van der Waals surface area contributed by atoms with E-state index in [1.165, 1.54) is 30.4 Å². The van der Waals surface area contributed by atoms with Crippen LogP contribution in [-0.2, 0) is 6.42 Å². The highest BCUT2D eigenvalue weighted by Crippen LogP contribution is 2.31. The van der Waals surface area contributed by atoms with Crippen molar-refractivity contribution >= 4 is 0 Å². The first-order valence-electron chi connectivity index (χ1n) is 7.66. The van der Waals surface area contributed by atoms with Crippen molar-refractivity contribution in [2.24, 2.45) is 5.41 Å². The van der Waals surface area contributed by atoms with Crippen molar-refractivity contribution in [1.29, 1.82) is 0 Å². The monoisotopic (exact) mass is 261 g/mol. The molecule has 19 heavy (non-hydrogen) atoms. The maximum atomic E-state index is 9.66. The molecule has 0 heterocycles. The molecule has 1 aromatic rings. The Labute approximate surface area is 117 Å². The van der Waals surface area contributed by atoms with Gasteiger partial charge in [-0.15, -0.1) is 0 Å². The van der Waals surface area contributed by atoms with Gasteiger partial charge in [0.05, 0.1) is 0 Å². The molecule has 1 unspecified atom stereocenters. The van der Waals surface area contributed by atoms with Gasteiger partial charge >= 0.3 is 0 Å². The highest BCUT2D eigenvalue weighted by Gasteiger charge is 2.27. The second kappa shape index (κ2) is 6.53. The average molecular weight is 261 g/mol. The van der Waals surface area contributed by atoms with Crippen molar-refractivity contribution in [3.05, 3.63) is 35.4 Å². The number of benzene rings is 1. The van der Waals surface area contributed by atoms with Crippen molar-refractivity contribution in [3.8, 4) is 0 Å². The summed E-state index contributed by atoms with van der Waals surface area (Å²) in [4.78, 5) is 0. The van der Waals surface area contributed by atoms with Gasteiger partial charge in [0.2, 0.25) is 0 Å². The molecule has 1 aliphatic rings. The Kier molecular flexibility index (Phi) is 5.00. The molecule has 2 rings (SSSR count). The number of aliphatic hydroxyl groups excluding tert-OH is 1. The molecule has 0 aliphatic heterocycles. The van der Waals surface area contributed by atoms with E-state index in [0.29, 0.717) is 6.04 Å². The molecule has 0 saturated heterocycles. The minimum Gasteiger partial charge on any atom is -0.396 e. The molecule has 2 heteroatoms. The number of hydrogen-bond acceptors (Lipinski definition) is 2. The zero-order valence-electron chi connectivity index (χ0n) is 12.3. The molecule has 0 fully saturated rings. The van der Waals surface area contributed by atoms with Crippen LogP contribution in [0.1, 0.15) is 56.7 Å². The van der Waals surface area contributed by atoms with Gasteiger partial charge in [-0.05, 0) is 43.2 Å². The van der Waals surface area contributed by atoms with Gasteiger partial charge in [-0.1, -0.05) is 38.1 Å². The number of nitrogens with one attached hydrogen (secondary N) is 1. The summed E-state index contributed by atoms with van der Waals surface area (Å²) in [7, 11) is 0. The molecular weight excluding hydrogens is 234 g/mol. The summed E-state index contributed by atoms with van der Waals surface area (Å²) >= 11 is 0. The van der Waals surface area contributed by atoms with Gasteiger partial charge in [0.1, 0.15) is 0 Å². The van der Waals surface area contributed by atoms with Crippen molar-refractivity contribution in [2.45, 2.75) is 52.0 Å². The first-order valence-corrected chi connectivity index (χ1v) is 7.66. The summed E-state index contributed by atoms with van der Waals surface area (Å²) in [5, 5.41) is 13.4. The molecular formula is C17H27NO. The van der Waals surface area contributed by atoms with Crippen LogP contribution in [0, 0.1) is 5.41 Å². The molecule has 0 saturated carbocycles. The molecule has 0 radical (unpaired) electrons. The Morgan fingerprint density at radius 2 is 2.00 bits per heavy atom. The predicted octanol–water partition coefficient (Wildman–Crippen LogP) is 3.45. The lowest BCUT2D eigenvalue weighted by Gasteiger charge is -2.34. The van der Waals surface area contributed by atoms with Crippen LogP contribution in [0.2, 0.25) is 0 Å². The van der Waals surface area contributed by atoms with E-state index in [-0.39, 0.29) is 12.0 Å². The molecule has 1 aliphatic carbocycles. The van der Waals surface area contributed by atoms with Crippen LogP contribution in [0.3, 0.4) is 0 Å². The van der Waals surface area contributed by atoms with Crippen molar-refractivity contribution in [3.63, 3.8) is 0 Å². The Bertz CT molecular complexity index is 390. The normalized spacial score (nSPS) is 19.2. The van der Waals surface area contributed by atoms with Crippen LogP contribution in [0.4, 0.5) is 0 Å². The highest BCUT2D eigenvalue weighted by molar-refractivity contribution is 5.32. The fourth-order valence-electron chi connectivity index (χ4n) is 3.09. The first kappa shape index (κ1) is 14.5. The largest absolute Gasteiger partial charge is 0.396 e. The van der Waals surface area contributed by atoms with Crippen LogP contribution in [0.5, 0.6) is 0 Å². The molecule has 0 spiro atoms. The Balaban J connectivity index is 2.05. The average Bonchev–Trinajstić information content (AvgIpc) is 2.49. The van der Waals surface area contributed by atoms with Crippen molar-refractivity contribution in [2.75, 3.05) is 13.2 Å². The predicted molar refractivity (Wildman–Crippen MR) is 80.2 cm³/mol. The Hall–Kier alpha value is -0.860. The molecule has 1 aromatic carbocycles. The standard InChI is InChI=1S/C17H27NO/c1-3-17(4-2,13-19)12-18-16-11-7-9-14-8-5-6-10-15(14)16/h5-6,8,10,16,18-19H,3-4,7,9,11-13H2,1-2H3. The minimum absolute atomic E-state index is 0.0480. The lowest BCUT2D eigenvalue weighted by molar-refractivity contribution is 0.109. The summed E-state index contributed by atoms with van der Waals surface area (Å²) in [5.41, 5.74) is 3.01. The smallest absolute Gasteiger partial charge is 0.0499 e. The van der Waals surface area contributed by atoms with Crippen molar-refractivity contribution < 1.29 is 5.11 Å². The fourth-order valence-corrected chi connectivity index (χ4v) is 3.09. The van der Waals surface area contributed by atoms with E-state index >= 15 is 0 Å². The Morgan fingerprint density at radius 1 is 1.26 bits per heavy atom. The highest BCUT2D eigenvalue weighted by atomic mass is 16.3. The number of aliphatic hydroxyl groups is 1. The maximum Gasteiger partial charge on any atom is 0.0499 e. The molecule has 0 bridgehead atoms. The first-order chi connectivity index (χ1) is 9.24. The minimum atomic E-state index is 0.0480. The lowest BCUT2D eigenvalue weighted by Crippen LogP contribution is -2.39. The van der Waals surface area contributed by atoms with Gasteiger partial charge in [-0.2, -0.15) is 0 Å². The van der Waals surface area contributed by atoms with Crippen LogP contribution in [0.25, 0.3) is 0 Å². The van der Waals surface area contributed by atoms with Crippen LogP contribution >= 0.6 is 0 Å². The number of aryl methyl sites for hydroxylation is 1. The summed E-state index contributed by atoms with van der Waals surface area (Å²) < 4.78 is 0. The van der Waals surface area contributed by atoms with E-state index in [4.69, 9.17) is 0 Å². The number of rotatable bonds is 6. The van der Waals surface area contributed by atoms with Crippen molar-refractivity contribution in [1.82, 2.24) is 5.32 Å². The van der Waals surface area contributed by atoms with E-state index in [1.54, 1.807) is 0 Å². The second-order valence-electron chi connectivity index (χ2n) is 5.89. The van der Waals surface area contributed by atoms with E-state index in [9.17, 15) is 5.11 Å². The number of fused-ring (bicyclic) bond motifs is 1. The number of hydrogen-bond donors (Lipinski definition) is 2. The second-order valence-corrected chi connectivity index (χ2v) is 5.89. The molecule has 2 nitrogen and oxygen atoms in total. The van der Waals surface area contributed by atoms with Gasteiger partial charge in [0.15, 0.2) is 0 Å². The SMILES string of the molecule is CCC(CC)(CO)CNC1CCCc2ccccc21. The van der Waals surface area contributed by atoms with Crippen LogP contribution < -0.4 is 5.32 Å². The molecule has 2 N–H and O–H groups in total. The van der Waals surface area contributed by atoms with Gasteiger partial charge in [0.25, 0.3) is 0 Å². The summed E-state index contributed by atoms with van der Waals surface area (Å²) in [6.45, 7) is 5.54. The summed E-state index contributed by atoms with van der Waals surface area (Å²) in [6, 6.07) is 9.25. The molecule has 1 atom stereocenters. The topological polar surface area (TPSA) is 32.3 Å². The molecule has 0 amide bonds. The van der Waals surface area contributed by atoms with Gasteiger partial charge in [-0.3, -0.25) is 0 Å². The molecule has 0 aromatic heterocycles. The lowest BCUT2D eigenvalue weighted by atomic mass is 9.81. The Morgan fingerprint density at radius 3 is 2.68 bits per heavy atom. The maximum absolute atomic E-state index is 9.66. The van der Waals surface area contributed by atoms with E-state index in [2.05, 4.69) is 43.4 Å². The van der Waals surface area contributed by atoms with Gasteiger partial charge in [-0.25, -0.2) is 0 Å². The third-order valence-electron chi connectivity index (χ3n) is 4.93. The van der Waals surface area contributed by atoms with Crippen LogP contribution in [-0.4, -0.2) is 18.3 Å². The third-order valence-corrected chi connectivity index (χ3v) is 4.93. The van der Waals surface area contributed by atoms with E-state index < -0.39 is 0 Å². The van der Waals surface area contributed by atoms with Crippen LogP contribution in [0.15, 0.2) is 24.3 Å².